The van der Waals surface area contributed by atoms with Crippen LogP contribution in [0.4, 0.5) is 11.5 Å². The van der Waals surface area contributed by atoms with Gasteiger partial charge in [0.1, 0.15) is 5.82 Å². The smallest absolute Gasteiger partial charge is 0.118 e. The van der Waals surface area contributed by atoms with Gasteiger partial charge in [-0.1, -0.05) is 60.7 Å². The van der Waals surface area contributed by atoms with Crippen molar-refractivity contribution in [3.8, 4) is 16.8 Å². The molecule has 6 rings (SSSR count). The van der Waals surface area contributed by atoms with Crippen molar-refractivity contribution in [2.45, 2.75) is 6.92 Å². The third-order valence-electron chi connectivity index (χ3n) is 5.87. The molecular formula is C26H20N2. The van der Waals surface area contributed by atoms with Gasteiger partial charge in [-0.25, -0.2) is 0 Å². The van der Waals surface area contributed by atoms with Crippen LogP contribution >= 0.6 is 0 Å². The summed E-state index contributed by atoms with van der Waals surface area (Å²) in [4.78, 5) is 2.45. The van der Waals surface area contributed by atoms with Gasteiger partial charge in [0.25, 0.3) is 0 Å². The van der Waals surface area contributed by atoms with Gasteiger partial charge in [0.15, 0.2) is 0 Å². The van der Waals surface area contributed by atoms with E-state index in [0.717, 1.165) is 6.54 Å². The highest BCUT2D eigenvalue weighted by atomic mass is 15.3. The quantitative estimate of drug-likeness (QED) is 0.315. The van der Waals surface area contributed by atoms with Gasteiger partial charge in [-0.15, -0.1) is 0 Å². The van der Waals surface area contributed by atoms with Gasteiger partial charge in [0, 0.05) is 23.1 Å². The van der Waals surface area contributed by atoms with Crippen molar-refractivity contribution in [3.05, 3.63) is 91.0 Å². The number of benzene rings is 4. The van der Waals surface area contributed by atoms with E-state index in [9.17, 15) is 0 Å². The first kappa shape index (κ1) is 15.5. The van der Waals surface area contributed by atoms with E-state index < -0.39 is 0 Å². The molecule has 0 amide bonds. The first-order valence-electron chi connectivity index (χ1n) is 9.86. The Morgan fingerprint density at radius 1 is 0.607 bits per heavy atom. The van der Waals surface area contributed by atoms with Crippen LogP contribution in [0.25, 0.3) is 38.5 Å². The van der Waals surface area contributed by atoms with Gasteiger partial charge in [-0.05, 0) is 48.0 Å². The highest BCUT2D eigenvalue weighted by Crippen LogP contribution is 2.46. The summed E-state index contributed by atoms with van der Waals surface area (Å²) in [6.45, 7) is 3.15. The fraction of sp³-hybridized carbons (Fsp3) is 0.0769. The van der Waals surface area contributed by atoms with Gasteiger partial charge in [-0.2, -0.15) is 0 Å². The zero-order chi connectivity index (χ0) is 18.7. The Hall–Kier alpha value is -3.52. The minimum Gasteiger partial charge on any atom is -0.327 e. The molecule has 0 aliphatic carbocycles. The molecule has 0 radical (unpaired) electrons. The van der Waals surface area contributed by atoms with Gasteiger partial charge in [-0.3, -0.25) is 4.57 Å². The van der Waals surface area contributed by atoms with Crippen molar-refractivity contribution in [3.63, 3.8) is 0 Å². The fourth-order valence-corrected chi connectivity index (χ4v) is 4.61. The molecule has 2 nitrogen and oxygen atoms in total. The Bertz CT molecular complexity index is 1360. The largest absolute Gasteiger partial charge is 0.327 e. The fourth-order valence-electron chi connectivity index (χ4n) is 4.61. The van der Waals surface area contributed by atoms with Crippen LogP contribution in [0, 0.1) is 0 Å². The first-order valence-corrected chi connectivity index (χ1v) is 9.86. The molecule has 0 fully saturated rings. The Morgan fingerprint density at radius 2 is 1.29 bits per heavy atom. The molecule has 0 spiro atoms. The van der Waals surface area contributed by atoms with Crippen LogP contribution in [0.3, 0.4) is 0 Å². The first-order chi connectivity index (χ1) is 13.8. The molecule has 2 heterocycles. The molecule has 134 valence electrons. The number of nitrogens with zero attached hydrogens (tertiary/aromatic N) is 2. The molecule has 1 aromatic heterocycles. The van der Waals surface area contributed by atoms with Crippen LogP contribution in [-0.4, -0.2) is 11.1 Å². The van der Waals surface area contributed by atoms with Crippen LogP contribution in [0.5, 0.6) is 0 Å². The van der Waals surface area contributed by atoms with E-state index >= 15 is 0 Å². The predicted molar refractivity (Wildman–Crippen MR) is 119 cm³/mol. The third kappa shape index (κ3) is 2.03. The van der Waals surface area contributed by atoms with Gasteiger partial charge in [0.05, 0.1) is 16.9 Å². The summed E-state index contributed by atoms with van der Waals surface area (Å²) >= 11 is 0. The summed E-state index contributed by atoms with van der Waals surface area (Å²) in [6.07, 6.45) is 0. The SMILES string of the molecule is CCN1c2cc3ccccc3cc2-c2ccccc2-n2c1cc1ccccc12. The minimum atomic E-state index is 0.912. The van der Waals surface area contributed by atoms with Gasteiger partial charge in [0.2, 0.25) is 0 Å². The van der Waals surface area contributed by atoms with E-state index in [0.29, 0.717) is 0 Å². The van der Waals surface area contributed by atoms with Gasteiger partial charge >= 0.3 is 0 Å². The van der Waals surface area contributed by atoms with Gasteiger partial charge < -0.3 is 4.90 Å². The van der Waals surface area contributed by atoms with Crippen molar-refractivity contribution in [2.24, 2.45) is 0 Å². The van der Waals surface area contributed by atoms with E-state index in [4.69, 9.17) is 0 Å². The normalized spacial score (nSPS) is 12.5. The summed E-state index contributed by atoms with van der Waals surface area (Å²) in [5.41, 5.74) is 6.34. The second kappa shape index (κ2) is 5.74. The summed E-state index contributed by atoms with van der Waals surface area (Å²) in [6, 6.07) is 33.1. The lowest BCUT2D eigenvalue weighted by Crippen LogP contribution is -2.18. The van der Waals surface area contributed by atoms with Crippen molar-refractivity contribution in [2.75, 3.05) is 11.4 Å². The highest BCUT2D eigenvalue weighted by molar-refractivity contribution is 6.01. The number of rotatable bonds is 1. The molecule has 1 aliphatic rings. The maximum absolute atomic E-state index is 2.45. The van der Waals surface area contributed by atoms with Crippen molar-refractivity contribution >= 4 is 33.2 Å². The topological polar surface area (TPSA) is 8.17 Å². The molecule has 0 N–H and O–H groups in total. The molecule has 0 saturated heterocycles. The molecule has 5 aromatic rings. The van der Waals surface area contributed by atoms with Crippen molar-refractivity contribution < 1.29 is 0 Å². The van der Waals surface area contributed by atoms with E-state index in [1.807, 2.05) is 0 Å². The molecule has 0 unspecified atom stereocenters. The molecule has 4 aromatic carbocycles. The molecule has 0 bridgehead atoms. The number of fused-ring (bicyclic) bond motifs is 8. The highest BCUT2D eigenvalue weighted by Gasteiger charge is 2.25. The number of hydrogen-bond acceptors (Lipinski definition) is 1. The lowest BCUT2D eigenvalue weighted by Gasteiger charge is -2.24. The van der Waals surface area contributed by atoms with E-state index in [1.54, 1.807) is 0 Å². The molecule has 28 heavy (non-hydrogen) atoms. The van der Waals surface area contributed by atoms with Crippen LogP contribution in [0.2, 0.25) is 0 Å². The molecular weight excluding hydrogens is 340 g/mol. The molecule has 0 saturated carbocycles. The molecule has 2 heteroatoms. The summed E-state index contributed by atoms with van der Waals surface area (Å²) in [5.74, 6) is 1.23. The second-order valence-electron chi connectivity index (χ2n) is 7.37. The standard InChI is InChI=1S/C26H20N2/c1-2-27-25-16-19-10-4-3-9-18(19)15-22(25)21-12-6-8-14-24(21)28-23-13-7-5-11-20(23)17-26(27)28/h3-17H,2H2,1H3. The predicted octanol–water partition coefficient (Wildman–Crippen LogP) is 6.92. The van der Waals surface area contributed by atoms with Crippen LogP contribution in [0.15, 0.2) is 91.0 Å². The number of anilines is 2. The zero-order valence-corrected chi connectivity index (χ0v) is 15.8. The summed E-state index contributed by atoms with van der Waals surface area (Å²) < 4.78 is 2.42. The molecule has 1 aliphatic heterocycles. The monoisotopic (exact) mass is 360 g/mol. The Kier molecular flexibility index (Phi) is 3.18. The minimum absolute atomic E-state index is 0.912. The maximum Gasteiger partial charge on any atom is 0.118 e. The van der Waals surface area contributed by atoms with Crippen molar-refractivity contribution in [1.29, 1.82) is 0 Å². The summed E-state index contributed by atoms with van der Waals surface area (Å²) in [5, 5.41) is 3.83. The van der Waals surface area contributed by atoms with E-state index in [-0.39, 0.29) is 0 Å². The lowest BCUT2D eigenvalue weighted by atomic mass is 9.97. The second-order valence-corrected chi connectivity index (χ2v) is 7.37. The van der Waals surface area contributed by atoms with Crippen LogP contribution in [-0.2, 0) is 0 Å². The van der Waals surface area contributed by atoms with Crippen LogP contribution in [0.1, 0.15) is 6.92 Å². The maximum atomic E-state index is 2.45. The number of hydrogen-bond donors (Lipinski definition) is 0. The zero-order valence-electron chi connectivity index (χ0n) is 15.8. The third-order valence-corrected chi connectivity index (χ3v) is 5.87. The average molecular weight is 360 g/mol. The number of para-hydroxylation sites is 2. The van der Waals surface area contributed by atoms with Crippen LogP contribution < -0.4 is 4.90 Å². The Labute approximate surface area is 164 Å². The summed E-state index contributed by atoms with van der Waals surface area (Å²) in [7, 11) is 0. The molecule has 0 atom stereocenters. The van der Waals surface area contributed by atoms with Crippen molar-refractivity contribution in [1.82, 2.24) is 4.57 Å². The lowest BCUT2D eigenvalue weighted by molar-refractivity contribution is 0.969. The Balaban J connectivity index is 1.81. The number of aromatic nitrogens is 1. The van der Waals surface area contributed by atoms with E-state index in [1.165, 1.54) is 50.0 Å². The van der Waals surface area contributed by atoms with E-state index in [2.05, 4.69) is 107 Å². The Morgan fingerprint density at radius 3 is 2.11 bits per heavy atom. The average Bonchev–Trinajstić information content (AvgIpc) is 3.08.